The first-order valence-corrected chi connectivity index (χ1v) is 8.43. The molecule has 12 nitrogen and oxygen atoms in total. The van der Waals surface area contributed by atoms with Crippen molar-refractivity contribution in [3.63, 3.8) is 0 Å². The van der Waals surface area contributed by atoms with Gasteiger partial charge in [-0.05, 0) is 32.9 Å². The van der Waals surface area contributed by atoms with E-state index in [1.165, 1.54) is 40.0 Å². The monoisotopic (exact) mass is 408 g/mol. The summed E-state index contributed by atoms with van der Waals surface area (Å²) in [6.45, 7) is 3.54. The fourth-order valence-corrected chi connectivity index (χ4v) is 2.51. The Morgan fingerprint density at radius 1 is 1.34 bits per heavy atom. The van der Waals surface area contributed by atoms with Crippen LogP contribution in [0.25, 0.3) is 0 Å². The number of nitro benzene ring substituents is 1. The highest BCUT2D eigenvalue weighted by Crippen LogP contribution is 2.29. The third-order valence-corrected chi connectivity index (χ3v) is 4.07. The highest BCUT2D eigenvalue weighted by molar-refractivity contribution is 6.08. The van der Waals surface area contributed by atoms with E-state index in [0.29, 0.717) is 4.90 Å². The quantitative estimate of drug-likeness (QED) is 0.290. The van der Waals surface area contributed by atoms with Crippen molar-refractivity contribution in [2.24, 2.45) is 0 Å². The van der Waals surface area contributed by atoms with E-state index in [4.69, 9.17) is 9.47 Å². The second-order valence-electron chi connectivity index (χ2n) is 6.71. The van der Waals surface area contributed by atoms with Gasteiger partial charge in [0.2, 0.25) is 0 Å². The molecule has 1 unspecified atom stereocenters. The summed E-state index contributed by atoms with van der Waals surface area (Å²) in [7, 11) is 1.34. The van der Waals surface area contributed by atoms with E-state index in [9.17, 15) is 29.3 Å². The van der Waals surface area contributed by atoms with Crippen LogP contribution in [-0.2, 0) is 19.1 Å². The van der Waals surface area contributed by atoms with E-state index in [2.05, 4.69) is 10.6 Å². The van der Waals surface area contributed by atoms with Gasteiger partial charge >= 0.3 is 12.0 Å². The molecule has 4 amide bonds. The molecule has 0 saturated carbocycles. The lowest BCUT2D eigenvalue weighted by molar-refractivity contribution is -0.384. The van der Waals surface area contributed by atoms with Gasteiger partial charge in [-0.2, -0.15) is 0 Å². The summed E-state index contributed by atoms with van der Waals surface area (Å²) in [5.74, 6) is -2.20. The lowest BCUT2D eigenvalue weighted by atomic mass is 10.1. The van der Waals surface area contributed by atoms with Gasteiger partial charge < -0.3 is 20.1 Å². The summed E-state index contributed by atoms with van der Waals surface area (Å²) in [5.41, 5.74) is -1.66. The van der Waals surface area contributed by atoms with Crippen LogP contribution in [-0.4, -0.2) is 58.9 Å². The van der Waals surface area contributed by atoms with Crippen LogP contribution in [0.5, 0.6) is 5.75 Å². The number of hydrogen-bond acceptors (Lipinski definition) is 8. The number of benzene rings is 1. The number of ether oxygens (including phenoxy) is 2. The third-order valence-electron chi connectivity index (χ3n) is 4.07. The van der Waals surface area contributed by atoms with Crippen molar-refractivity contribution in [1.82, 2.24) is 10.2 Å². The van der Waals surface area contributed by atoms with Crippen LogP contribution >= 0.6 is 0 Å². The predicted molar refractivity (Wildman–Crippen MR) is 98.2 cm³/mol. The molecule has 12 heteroatoms. The zero-order valence-corrected chi connectivity index (χ0v) is 16.2. The molecule has 0 aliphatic carbocycles. The number of anilines is 1. The number of methoxy groups -OCH3 is 1. The zero-order valence-electron chi connectivity index (χ0n) is 16.2. The van der Waals surface area contributed by atoms with Gasteiger partial charge in [0.25, 0.3) is 17.5 Å². The Labute approximate surface area is 165 Å². The number of carbonyl (C=O) groups is 4. The molecule has 1 heterocycles. The van der Waals surface area contributed by atoms with Crippen LogP contribution in [0.1, 0.15) is 20.8 Å². The van der Waals surface area contributed by atoms with E-state index in [-0.39, 0.29) is 11.4 Å². The normalized spacial score (nSPS) is 16.1. The topological polar surface area (TPSA) is 157 Å². The Morgan fingerprint density at radius 2 is 2.00 bits per heavy atom. The van der Waals surface area contributed by atoms with Crippen LogP contribution < -0.4 is 15.4 Å². The Kier molecular flexibility index (Phi) is 6.05. The highest BCUT2D eigenvalue weighted by Gasteiger charge is 2.45. The molecular weight excluding hydrogens is 388 g/mol. The van der Waals surface area contributed by atoms with Crippen LogP contribution in [0.2, 0.25) is 0 Å². The van der Waals surface area contributed by atoms with Crippen molar-refractivity contribution < 1.29 is 33.6 Å². The van der Waals surface area contributed by atoms with E-state index in [0.717, 1.165) is 6.07 Å². The average molecular weight is 408 g/mol. The molecule has 1 aliphatic rings. The molecule has 1 fully saturated rings. The number of rotatable bonds is 7. The van der Waals surface area contributed by atoms with Gasteiger partial charge in [-0.15, -0.1) is 0 Å². The molecule has 1 aliphatic heterocycles. The molecule has 0 aromatic heterocycles. The van der Waals surface area contributed by atoms with E-state index in [1.54, 1.807) is 0 Å². The first kappa shape index (κ1) is 21.6. The maximum atomic E-state index is 12.2. The van der Waals surface area contributed by atoms with Crippen molar-refractivity contribution in [2.45, 2.75) is 32.4 Å². The standard InChI is InChI=1S/C17H20N4O8/c1-9(29-13(22)8-20-15(24)17(2,3)19-16(20)25)14(23)18-11-6-5-10(28-4)7-12(11)21(26)27/h5-7,9H,8H2,1-4H3,(H,18,23)(H,19,25). The van der Waals surface area contributed by atoms with Gasteiger partial charge in [-0.1, -0.05) is 0 Å². The molecule has 1 aromatic carbocycles. The number of nitrogens with one attached hydrogen (secondary N) is 2. The van der Waals surface area contributed by atoms with Gasteiger partial charge in [0.1, 0.15) is 23.5 Å². The molecule has 29 heavy (non-hydrogen) atoms. The fourth-order valence-electron chi connectivity index (χ4n) is 2.51. The first-order valence-electron chi connectivity index (χ1n) is 8.43. The number of hydrogen-bond donors (Lipinski definition) is 2. The van der Waals surface area contributed by atoms with Gasteiger partial charge in [0.05, 0.1) is 18.1 Å². The van der Waals surface area contributed by atoms with Crippen LogP contribution in [0.4, 0.5) is 16.2 Å². The lowest BCUT2D eigenvalue weighted by Gasteiger charge is -2.17. The fraction of sp³-hybridized carbons (Fsp3) is 0.412. The first-order chi connectivity index (χ1) is 13.5. The minimum atomic E-state index is -1.34. The highest BCUT2D eigenvalue weighted by atomic mass is 16.6. The molecule has 1 atom stereocenters. The third kappa shape index (κ3) is 4.78. The summed E-state index contributed by atoms with van der Waals surface area (Å²) in [6.07, 6.45) is -1.34. The summed E-state index contributed by atoms with van der Waals surface area (Å²) >= 11 is 0. The predicted octanol–water partition coefficient (Wildman–Crippen LogP) is 0.804. The number of amides is 4. The van der Waals surface area contributed by atoms with E-state index < -0.39 is 52.6 Å². The molecular formula is C17H20N4O8. The number of carbonyl (C=O) groups excluding carboxylic acids is 4. The van der Waals surface area contributed by atoms with Gasteiger partial charge in [0.15, 0.2) is 6.10 Å². The number of urea groups is 1. The van der Waals surface area contributed by atoms with Gasteiger partial charge in [-0.3, -0.25) is 29.4 Å². The second-order valence-corrected chi connectivity index (χ2v) is 6.71. The van der Waals surface area contributed by atoms with Crippen molar-refractivity contribution in [1.29, 1.82) is 0 Å². The van der Waals surface area contributed by atoms with Crippen LogP contribution in [0, 0.1) is 10.1 Å². The van der Waals surface area contributed by atoms with Gasteiger partial charge in [0, 0.05) is 0 Å². The van der Waals surface area contributed by atoms with Crippen LogP contribution in [0.3, 0.4) is 0 Å². The van der Waals surface area contributed by atoms with Crippen molar-refractivity contribution >= 4 is 35.2 Å². The maximum absolute atomic E-state index is 12.2. The lowest BCUT2D eigenvalue weighted by Crippen LogP contribution is -2.42. The Morgan fingerprint density at radius 3 is 2.52 bits per heavy atom. The number of nitrogens with zero attached hydrogens (tertiary/aromatic N) is 2. The molecule has 0 bridgehead atoms. The maximum Gasteiger partial charge on any atom is 0.327 e. The summed E-state index contributed by atoms with van der Waals surface area (Å²) < 4.78 is 9.85. The van der Waals surface area contributed by atoms with Gasteiger partial charge in [-0.25, -0.2) is 4.79 Å². The molecule has 0 spiro atoms. The van der Waals surface area contributed by atoms with Crippen molar-refractivity contribution in [2.75, 3.05) is 19.0 Å². The molecule has 1 aromatic rings. The summed E-state index contributed by atoms with van der Waals surface area (Å²) in [5, 5.41) is 15.9. The van der Waals surface area contributed by atoms with Crippen LogP contribution in [0.15, 0.2) is 18.2 Å². The number of esters is 1. The Bertz CT molecular complexity index is 882. The SMILES string of the molecule is COc1ccc(NC(=O)C(C)OC(=O)CN2C(=O)NC(C)(C)C2=O)c([N+](=O)[O-])c1. The van der Waals surface area contributed by atoms with Crippen molar-refractivity contribution in [3.05, 3.63) is 28.3 Å². The average Bonchev–Trinajstić information content (AvgIpc) is 2.83. The van der Waals surface area contributed by atoms with E-state index >= 15 is 0 Å². The smallest absolute Gasteiger partial charge is 0.327 e. The summed E-state index contributed by atoms with van der Waals surface area (Å²) in [4.78, 5) is 59.3. The second kappa shape index (κ2) is 8.12. The Hall–Kier alpha value is -3.70. The van der Waals surface area contributed by atoms with Crippen molar-refractivity contribution in [3.8, 4) is 5.75 Å². The molecule has 156 valence electrons. The zero-order chi connectivity index (χ0) is 21.9. The molecule has 1 saturated heterocycles. The summed E-state index contributed by atoms with van der Waals surface area (Å²) in [6, 6.07) is 3.08. The number of nitro groups is 1. The molecule has 2 rings (SSSR count). The molecule has 2 N–H and O–H groups in total. The minimum absolute atomic E-state index is 0.112. The van der Waals surface area contributed by atoms with E-state index in [1.807, 2.05) is 0 Å². The number of imide groups is 1. The molecule has 0 radical (unpaired) electrons. The Balaban J connectivity index is 2.01. The largest absolute Gasteiger partial charge is 0.496 e. The minimum Gasteiger partial charge on any atom is -0.496 e.